The van der Waals surface area contributed by atoms with Crippen molar-refractivity contribution in [1.82, 2.24) is 25.1 Å². The Kier molecular flexibility index (Phi) is 5.62. The van der Waals surface area contributed by atoms with Crippen molar-refractivity contribution < 1.29 is 9.53 Å². The van der Waals surface area contributed by atoms with E-state index in [-0.39, 0.29) is 17.4 Å². The Balaban J connectivity index is 1.25. The highest BCUT2D eigenvalue weighted by Crippen LogP contribution is 2.38. The molecule has 0 radical (unpaired) electrons. The van der Waals surface area contributed by atoms with Crippen molar-refractivity contribution >= 4 is 23.3 Å². The standard InChI is InChI=1S/C26H29ClN6O2/c1-16(28-11-17-3-4-17)19-7-22(27)30-23(8-19)33-12-18-5-6-20(9-21(18)25(33)34)26(13-35-14-26)10-24-31-29-15-32(24)2/h5-9,15-17,28H,3-4,10-14H2,1-2H3/t16-/m1/s1. The quantitative estimate of drug-likeness (QED) is 0.484. The number of nitrogens with zero attached hydrogens (tertiary/aromatic N) is 5. The summed E-state index contributed by atoms with van der Waals surface area (Å²) in [6, 6.07) is 10.2. The van der Waals surface area contributed by atoms with Crippen molar-refractivity contribution in [3.8, 4) is 0 Å². The third-order valence-corrected chi connectivity index (χ3v) is 7.77. The molecule has 0 spiro atoms. The van der Waals surface area contributed by atoms with Crippen molar-refractivity contribution in [2.75, 3.05) is 24.7 Å². The number of carbonyl (C=O) groups excluding carboxylic acids is 1. The maximum atomic E-state index is 13.5. The maximum absolute atomic E-state index is 13.5. The number of aromatic nitrogens is 4. The highest BCUT2D eigenvalue weighted by Gasteiger charge is 2.43. The van der Waals surface area contributed by atoms with Gasteiger partial charge in [0.1, 0.15) is 23.1 Å². The van der Waals surface area contributed by atoms with E-state index in [1.54, 1.807) is 11.2 Å². The number of nitrogens with one attached hydrogen (secondary N) is 1. The van der Waals surface area contributed by atoms with Crippen molar-refractivity contribution in [1.29, 1.82) is 0 Å². The fourth-order valence-electron chi connectivity index (χ4n) is 4.98. The van der Waals surface area contributed by atoms with Crippen LogP contribution in [0.1, 0.15) is 58.7 Å². The number of fused-ring (bicyclic) bond motifs is 1. The Bertz CT molecular complexity index is 1280. The molecule has 8 nitrogen and oxygen atoms in total. The van der Waals surface area contributed by atoms with Crippen molar-refractivity contribution in [2.24, 2.45) is 13.0 Å². The zero-order valence-electron chi connectivity index (χ0n) is 20.0. The Hall–Kier alpha value is -2.81. The molecule has 1 amide bonds. The lowest BCUT2D eigenvalue weighted by Crippen LogP contribution is -2.49. The highest BCUT2D eigenvalue weighted by atomic mass is 35.5. The van der Waals surface area contributed by atoms with E-state index in [1.807, 2.05) is 29.8 Å². The maximum Gasteiger partial charge on any atom is 0.260 e. The first-order valence-electron chi connectivity index (χ1n) is 12.2. The molecule has 3 aliphatic rings. The SMILES string of the molecule is C[C@@H](NCC1CC1)c1cc(Cl)nc(N2Cc3ccc(C4(Cc5nncn5C)COC4)cc3C2=O)c1. The number of rotatable bonds is 8. The number of hydrogen-bond donors (Lipinski definition) is 1. The minimum Gasteiger partial charge on any atom is -0.379 e. The summed E-state index contributed by atoms with van der Waals surface area (Å²) in [5.74, 6) is 2.24. The molecule has 1 aliphatic carbocycles. The molecule has 2 aromatic heterocycles. The van der Waals surface area contributed by atoms with Crippen LogP contribution in [0, 0.1) is 5.92 Å². The highest BCUT2D eigenvalue weighted by molar-refractivity contribution is 6.29. The monoisotopic (exact) mass is 492 g/mol. The molecule has 0 unspecified atom stereocenters. The lowest BCUT2D eigenvalue weighted by Gasteiger charge is -2.41. The van der Waals surface area contributed by atoms with Gasteiger partial charge >= 0.3 is 0 Å². The number of halogens is 1. The lowest BCUT2D eigenvalue weighted by molar-refractivity contribution is -0.0611. The fraction of sp³-hybridized carbons (Fsp3) is 0.462. The van der Waals surface area contributed by atoms with Gasteiger partial charge in [-0.25, -0.2) is 4.98 Å². The first-order chi connectivity index (χ1) is 16.9. The number of amides is 1. The fourth-order valence-corrected chi connectivity index (χ4v) is 5.19. The molecule has 1 saturated carbocycles. The first kappa shape index (κ1) is 22.6. The van der Waals surface area contributed by atoms with Gasteiger partial charge in [-0.05, 0) is 67.1 Å². The molecule has 1 N–H and O–H groups in total. The number of benzene rings is 1. The van der Waals surface area contributed by atoms with Gasteiger partial charge in [0.25, 0.3) is 5.91 Å². The topological polar surface area (TPSA) is 85.2 Å². The second kappa shape index (κ2) is 8.69. The smallest absolute Gasteiger partial charge is 0.260 e. The molecular formula is C26H29ClN6O2. The molecular weight excluding hydrogens is 464 g/mol. The van der Waals surface area contributed by atoms with E-state index in [9.17, 15) is 4.79 Å². The number of anilines is 1. The van der Waals surface area contributed by atoms with Crippen LogP contribution >= 0.6 is 11.6 Å². The van der Waals surface area contributed by atoms with Crippen LogP contribution in [0.2, 0.25) is 5.15 Å². The Morgan fingerprint density at radius 3 is 2.77 bits per heavy atom. The van der Waals surface area contributed by atoms with E-state index < -0.39 is 0 Å². The number of carbonyl (C=O) groups is 1. The van der Waals surface area contributed by atoms with Crippen LogP contribution in [0.4, 0.5) is 5.82 Å². The third-order valence-electron chi connectivity index (χ3n) is 7.57. The van der Waals surface area contributed by atoms with Crippen molar-refractivity contribution in [2.45, 2.75) is 44.2 Å². The van der Waals surface area contributed by atoms with Gasteiger partial charge < -0.3 is 14.6 Å². The second-order valence-corrected chi connectivity index (χ2v) is 10.6. The zero-order chi connectivity index (χ0) is 24.2. The lowest BCUT2D eigenvalue weighted by atomic mass is 9.75. The Labute approximate surface area is 209 Å². The summed E-state index contributed by atoms with van der Waals surface area (Å²) >= 11 is 6.39. The van der Waals surface area contributed by atoms with E-state index in [1.165, 1.54) is 12.8 Å². The molecule has 1 saturated heterocycles. The minimum atomic E-state index is -0.201. The van der Waals surface area contributed by atoms with Crippen molar-refractivity contribution in [3.63, 3.8) is 0 Å². The Morgan fingerprint density at radius 1 is 1.26 bits per heavy atom. The average Bonchev–Trinajstić information content (AvgIpc) is 3.48. The molecule has 4 heterocycles. The molecule has 1 atom stereocenters. The van der Waals surface area contributed by atoms with Crippen LogP contribution in [0.3, 0.4) is 0 Å². The summed E-state index contributed by atoms with van der Waals surface area (Å²) in [5, 5.41) is 12.2. The summed E-state index contributed by atoms with van der Waals surface area (Å²) in [5.41, 5.74) is 3.65. The normalized spacial score (nSPS) is 19.5. The van der Waals surface area contributed by atoms with Gasteiger partial charge in [-0.1, -0.05) is 23.7 Å². The predicted octanol–water partition coefficient (Wildman–Crippen LogP) is 3.60. The molecule has 0 bridgehead atoms. The first-order valence-corrected chi connectivity index (χ1v) is 12.6. The molecule has 6 rings (SSSR count). The second-order valence-electron chi connectivity index (χ2n) is 10.2. The van der Waals surface area contributed by atoms with E-state index in [0.717, 1.165) is 40.5 Å². The van der Waals surface area contributed by atoms with Crippen LogP contribution in [0.5, 0.6) is 0 Å². The van der Waals surface area contributed by atoms with Crippen molar-refractivity contribution in [3.05, 3.63) is 69.9 Å². The van der Waals surface area contributed by atoms with Crippen LogP contribution < -0.4 is 10.2 Å². The van der Waals surface area contributed by atoms with Crippen LogP contribution in [0.15, 0.2) is 36.7 Å². The van der Waals surface area contributed by atoms with E-state index in [0.29, 0.717) is 37.2 Å². The van der Waals surface area contributed by atoms with Crippen LogP contribution in [-0.2, 0) is 30.2 Å². The number of hydrogen-bond acceptors (Lipinski definition) is 6. The largest absolute Gasteiger partial charge is 0.379 e. The Morgan fingerprint density at radius 2 is 2.09 bits per heavy atom. The zero-order valence-corrected chi connectivity index (χ0v) is 20.8. The van der Waals surface area contributed by atoms with E-state index >= 15 is 0 Å². The summed E-state index contributed by atoms with van der Waals surface area (Å²) in [7, 11) is 1.95. The summed E-state index contributed by atoms with van der Waals surface area (Å²) in [6.07, 6.45) is 5.03. The third kappa shape index (κ3) is 4.24. The van der Waals surface area contributed by atoms with Gasteiger partial charge in [0, 0.05) is 30.5 Å². The van der Waals surface area contributed by atoms with Gasteiger partial charge in [-0.15, -0.1) is 10.2 Å². The van der Waals surface area contributed by atoms with E-state index in [4.69, 9.17) is 16.3 Å². The average molecular weight is 493 g/mol. The summed E-state index contributed by atoms with van der Waals surface area (Å²) in [6.45, 7) is 4.82. The predicted molar refractivity (Wildman–Crippen MR) is 133 cm³/mol. The van der Waals surface area contributed by atoms with Gasteiger partial charge in [0.15, 0.2) is 0 Å². The van der Waals surface area contributed by atoms with Gasteiger partial charge in [0.2, 0.25) is 0 Å². The summed E-state index contributed by atoms with van der Waals surface area (Å²) < 4.78 is 7.56. The molecule has 2 fully saturated rings. The molecule has 1 aromatic carbocycles. The van der Waals surface area contributed by atoms with Crippen LogP contribution in [-0.4, -0.2) is 45.4 Å². The number of pyridine rings is 1. The molecule has 35 heavy (non-hydrogen) atoms. The molecule has 182 valence electrons. The molecule has 2 aliphatic heterocycles. The van der Waals surface area contributed by atoms with Gasteiger partial charge in [-0.2, -0.15) is 0 Å². The summed E-state index contributed by atoms with van der Waals surface area (Å²) in [4.78, 5) is 19.8. The van der Waals surface area contributed by atoms with Gasteiger partial charge in [-0.3, -0.25) is 9.69 Å². The van der Waals surface area contributed by atoms with Gasteiger partial charge in [0.05, 0.1) is 19.8 Å². The number of aryl methyl sites for hydroxylation is 1. The number of ether oxygens (including phenoxy) is 1. The van der Waals surface area contributed by atoms with Crippen LogP contribution in [0.25, 0.3) is 0 Å². The molecule has 3 aromatic rings. The van der Waals surface area contributed by atoms with E-state index in [2.05, 4.69) is 39.6 Å². The minimum absolute atomic E-state index is 0.0461. The molecule has 9 heteroatoms.